The van der Waals surface area contributed by atoms with E-state index in [-0.39, 0.29) is 0 Å². The molecule has 0 radical (unpaired) electrons. The molecule has 2 heteroatoms. The summed E-state index contributed by atoms with van der Waals surface area (Å²) < 4.78 is 0. The summed E-state index contributed by atoms with van der Waals surface area (Å²) in [6.45, 7) is 6.51. The van der Waals surface area contributed by atoms with Gasteiger partial charge in [0.05, 0.1) is 11.2 Å². The van der Waals surface area contributed by atoms with Crippen LogP contribution in [0.25, 0.3) is 55.2 Å². The van der Waals surface area contributed by atoms with Gasteiger partial charge in [0.25, 0.3) is 0 Å². The summed E-state index contributed by atoms with van der Waals surface area (Å²) in [7, 11) is 0. The maximum Gasteiger partial charge on any atom is 0.0714 e. The predicted molar refractivity (Wildman–Crippen MR) is 148 cm³/mol. The molecular formula is C33H26N2. The van der Waals surface area contributed by atoms with Crippen LogP contribution in [-0.2, 0) is 0 Å². The van der Waals surface area contributed by atoms with Gasteiger partial charge in [-0.25, -0.2) is 0 Å². The molecule has 0 bridgehead atoms. The van der Waals surface area contributed by atoms with E-state index >= 15 is 0 Å². The molecule has 0 saturated carbocycles. The van der Waals surface area contributed by atoms with Gasteiger partial charge in [-0.2, -0.15) is 0 Å². The standard InChI is InChI=1S/C33H26N2/c1-21-9-12-27-28-7-6-14-35-33(28)20-30(31(27)17-21)26-16-22(2)15-25(18-26)29-19-24(11-10-23(29)3)32-8-4-5-13-34-32/h4-20H,1-3H3. The molecule has 2 aromatic heterocycles. The van der Waals surface area contributed by atoms with Crippen LogP contribution in [0.15, 0.2) is 103 Å². The van der Waals surface area contributed by atoms with Crippen LogP contribution in [0.1, 0.15) is 16.7 Å². The highest BCUT2D eigenvalue weighted by atomic mass is 14.7. The number of hydrogen-bond donors (Lipinski definition) is 0. The Bertz CT molecular complexity index is 1720. The van der Waals surface area contributed by atoms with Crippen molar-refractivity contribution in [2.45, 2.75) is 20.8 Å². The highest BCUT2D eigenvalue weighted by molar-refractivity contribution is 6.13. The first-order valence-corrected chi connectivity index (χ1v) is 12.0. The summed E-state index contributed by atoms with van der Waals surface area (Å²) in [6.07, 6.45) is 3.72. The number of nitrogens with zero attached hydrogens (tertiary/aromatic N) is 2. The van der Waals surface area contributed by atoms with Gasteiger partial charge in [-0.1, -0.05) is 60.2 Å². The number of aromatic nitrogens is 2. The first-order valence-electron chi connectivity index (χ1n) is 12.0. The largest absolute Gasteiger partial charge is 0.256 e. The van der Waals surface area contributed by atoms with Crippen LogP contribution < -0.4 is 0 Å². The van der Waals surface area contributed by atoms with E-state index in [1.165, 1.54) is 55.1 Å². The summed E-state index contributed by atoms with van der Waals surface area (Å²) in [4.78, 5) is 9.26. The van der Waals surface area contributed by atoms with Crippen LogP contribution in [0, 0.1) is 20.8 Å². The van der Waals surface area contributed by atoms with E-state index in [0.717, 1.165) is 16.8 Å². The zero-order chi connectivity index (χ0) is 23.9. The molecule has 168 valence electrons. The van der Waals surface area contributed by atoms with Gasteiger partial charge in [-0.3, -0.25) is 9.97 Å². The van der Waals surface area contributed by atoms with E-state index in [4.69, 9.17) is 4.98 Å². The molecule has 0 spiro atoms. The number of rotatable bonds is 3. The molecule has 0 aliphatic heterocycles. The first kappa shape index (κ1) is 21.2. The van der Waals surface area contributed by atoms with E-state index in [0.29, 0.717) is 0 Å². The number of fused-ring (bicyclic) bond motifs is 3. The van der Waals surface area contributed by atoms with Gasteiger partial charge in [-0.05, 0) is 101 Å². The van der Waals surface area contributed by atoms with Crippen molar-refractivity contribution >= 4 is 21.7 Å². The zero-order valence-electron chi connectivity index (χ0n) is 20.2. The number of aryl methyl sites for hydroxylation is 3. The lowest BCUT2D eigenvalue weighted by atomic mass is 9.90. The Balaban J connectivity index is 1.58. The summed E-state index contributed by atoms with van der Waals surface area (Å²) in [5.74, 6) is 0. The molecule has 0 N–H and O–H groups in total. The van der Waals surface area contributed by atoms with Crippen LogP contribution >= 0.6 is 0 Å². The van der Waals surface area contributed by atoms with E-state index in [2.05, 4.69) is 98.6 Å². The van der Waals surface area contributed by atoms with Crippen molar-refractivity contribution in [3.05, 3.63) is 120 Å². The monoisotopic (exact) mass is 450 g/mol. The topological polar surface area (TPSA) is 25.8 Å². The molecule has 0 saturated heterocycles. The van der Waals surface area contributed by atoms with Crippen LogP contribution in [0.4, 0.5) is 0 Å². The summed E-state index contributed by atoms with van der Waals surface area (Å²) in [5.41, 5.74) is 11.8. The maximum atomic E-state index is 4.70. The molecule has 0 unspecified atom stereocenters. The fourth-order valence-electron chi connectivity index (χ4n) is 5.05. The van der Waals surface area contributed by atoms with Gasteiger partial charge in [0.1, 0.15) is 0 Å². The van der Waals surface area contributed by atoms with Crippen molar-refractivity contribution in [3.8, 4) is 33.5 Å². The lowest BCUT2D eigenvalue weighted by Crippen LogP contribution is -1.91. The van der Waals surface area contributed by atoms with E-state index in [1.807, 2.05) is 30.6 Å². The predicted octanol–water partition coefficient (Wildman–Crippen LogP) is 8.71. The second-order valence-corrected chi connectivity index (χ2v) is 9.38. The average molecular weight is 451 g/mol. The molecule has 0 aliphatic rings. The third-order valence-electron chi connectivity index (χ3n) is 6.77. The average Bonchev–Trinajstić information content (AvgIpc) is 2.88. The molecule has 6 aromatic rings. The third-order valence-corrected chi connectivity index (χ3v) is 6.77. The van der Waals surface area contributed by atoms with Crippen LogP contribution in [-0.4, -0.2) is 9.97 Å². The molecular weight excluding hydrogens is 424 g/mol. The second kappa shape index (κ2) is 8.48. The Morgan fingerprint density at radius 3 is 2.14 bits per heavy atom. The molecule has 35 heavy (non-hydrogen) atoms. The van der Waals surface area contributed by atoms with Crippen LogP contribution in [0.5, 0.6) is 0 Å². The highest BCUT2D eigenvalue weighted by Gasteiger charge is 2.13. The molecule has 0 aliphatic carbocycles. The van der Waals surface area contributed by atoms with E-state index < -0.39 is 0 Å². The van der Waals surface area contributed by atoms with Crippen molar-refractivity contribution in [2.75, 3.05) is 0 Å². The molecule has 6 rings (SSSR count). The first-order chi connectivity index (χ1) is 17.1. The fourth-order valence-corrected chi connectivity index (χ4v) is 5.05. The number of benzene rings is 4. The van der Waals surface area contributed by atoms with Crippen LogP contribution in [0.3, 0.4) is 0 Å². The van der Waals surface area contributed by atoms with Gasteiger partial charge < -0.3 is 0 Å². The lowest BCUT2D eigenvalue weighted by molar-refractivity contribution is 1.32. The van der Waals surface area contributed by atoms with Crippen molar-refractivity contribution in [2.24, 2.45) is 0 Å². The van der Waals surface area contributed by atoms with E-state index in [9.17, 15) is 0 Å². The van der Waals surface area contributed by atoms with Crippen molar-refractivity contribution < 1.29 is 0 Å². The molecule has 0 amide bonds. The van der Waals surface area contributed by atoms with E-state index in [1.54, 1.807) is 0 Å². The minimum Gasteiger partial charge on any atom is -0.256 e. The third kappa shape index (κ3) is 3.87. The smallest absolute Gasteiger partial charge is 0.0714 e. The Hall–Kier alpha value is -4.30. The van der Waals surface area contributed by atoms with Gasteiger partial charge in [0, 0.05) is 23.3 Å². The fraction of sp³-hybridized carbons (Fsp3) is 0.0909. The maximum absolute atomic E-state index is 4.70. The minimum atomic E-state index is 0.990. The normalized spacial score (nSPS) is 11.3. The summed E-state index contributed by atoms with van der Waals surface area (Å²) in [5, 5.41) is 3.70. The minimum absolute atomic E-state index is 0.990. The second-order valence-electron chi connectivity index (χ2n) is 9.38. The van der Waals surface area contributed by atoms with Gasteiger partial charge in [0.15, 0.2) is 0 Å². The summed E-state index contributed by atoms with van der Waals surface area (Å²) >= 11 is 0. The quantitative estimate of drug-likeness (QED) is 0.252. The molecule has 0 fully saturated rings. The summed E-state index contributed by atoms with van der Waals surface area (Å²) in [6, 6.07) is 32.7. The Labute approximate surface area is 206 Å². The number of pyridine rings is 2. The number of hydrogen-bond acceptors (Lipinski definition) is 2. The molecule has 4 aromatic carbocycles. The Morgan fingerprint density at radius 2 is 1.31 bits per heavy atom. The van der Waals surface area contributed by atoms with Crippen molar-refractivity contribution in [1.82, 2.24) is 9.97 Å². The molecule has 2 heterocycles. The Kier molecular flexibility index (Phi) is 5.15. The molecule has 0 atom stereocenters. The van der Waals surface area contributed by atoms with Crippen molar-refractivity contribution in [1.29, 1.82) is 0 Å². The van der Waals surface area contributed by atoms with Gasteiger partial charge in [0.2, 0.25) is 0 Å². The Morgan fingerprint density at radius 1 is 0.486 bits per heavy atom. The van der Waals surface area contributed by atoms with Crippen LogP contribution in [0.2, 0.25) is 0 Å². The molecule has 2 nitrogen and oxygen atoms in total. The zero-order valence-corrected chi connectivity index (χ0v) is 20.2. The van der Waals surface area contributed by atoms with Crippen molar-refractivity contribution in [3.63, 3.8) is 0 Å². The lowest BCUT2D eigenvalue weighted by Gasteiger charge is -2.15. The SMILES string of the molecule is Cc1cc(-c2cc(-c3ccccn3)ccc2C)cc(-c2cc3ncccc3c3ccc(C)cc23)c1. The van der Waals surface area contributed by atoms with Gasteiger partial charge in [-0.15, -0.1) is 0 Å². The highest BCUT2D eigenvalue weighted by Crippen LogP contribution is 2.38. The van der Waals surface area contributed by atoms with Gasteiger partial charge >= 0.3 is 0 Å².